The molecule has 0 aliphatic rings. The number of carbonyl (C=O) groups is 1. The molecule has 0 aromatic heterocycles. The molecule has 0 unspecified atom stereocenters. The molecule has 19 heavy (non-hydrogen) atoms. The van der Waals surface area contributed by atoms with Crippen LogP contribution < -0.4 is 0 Å². The summed E-state index contributed by atoms with van der Waals surface area (Å²) in [5, 5.41) is 10.8. The molecule has 1 rings (SSSR count). The van der Waals surface area contributed by atoms with E-state index in [9.17, 15) is 14.9 Å². The van der Waals surface area contributed by atoms with E-state index >= 15 is 0 Å². The third-order valence-electron chi connectivity index (χ3n) is 2.79. The fraction of sp³-hybridized carbons (Fsp3) is 0.462. The Morgan fingerprint density at radius 2 is 2.11 bits per heavy atom. The van der Waals surface area contributed by atoms with E-state index in [-0.39, 0.29) is 16.1 Å². The zero-order chi connectivity index (χ0) is 14.6. The Bertz CT molecular complexity index is 489. The molecule has 0 radical (unpaired) electrons. The van der Waals surface area contributed by atoms with E-state index in [1.54, 1.807) is 18.0 Å². The summed E-state index contributed by atoms with van der Waals surface area (Å²) in [6.45, 7) is 4.80. The summed E-state index contributed by atoms with van der Waals surface area (Å²) in [4.78, 5) is 24.1. The molecule has 0 saturated heterocycles. The molecule has 0 bridgehead atoms. The summed E-state index contributed by atoms with van der Waals surface area (Å²) in [5.74, 6) is 0.292. The second-order valence-corrected chi connectivity index (χ2v) is 5.60. The van der Waals surface area contributed by atoms with E-state index in [2.05, 4.69) is 29.8 Å². The zero-order valence-corrected chi connectivity index (χ0v) is 12.8. The van der Waals surface area contributed by atoms with Crippen LogP contribution in [0.5, 0.6) is 0 Å². The lowest BCUT2D eigenvalue weighted by Gasteiger charge is -2.19. The predicted molar refractivity (Wildman–Crippen MR) is 77.2 cm³/mol. The van der Waals surface area contributed by atoms with Crippen LogP contribution in [-0.4, -0.2) is 29.3 Å². The Morgan fingerprint density at radius 1 is 1.47 bits per heavy atom. The molecule has 0 fully saturated rings. The molecule has 0 aliphatic heterocycles. The normalized spacial score (nSPS) is 10.6. The summed E-state index contributed by atoms with van der Waals surface area (Å²) in [6, 6.07) is 4.48. The third kappa shape index (κ3) is 4.02. The van der Waals surface area contributed by atoms with Crippen molar-refractivity contribution >= 4 is 27.5 Å². The fourth-order valence-electron chi connectivity index (χ4n) is 1.58. The fourth-order valence-corrected chi connectivity index (χ4v) is 2.16. The van der Waals surface area contributed by atoms with Gasteiger partial charge in [0.15, 0.2) is 0 Å². The van der Waals surface area contributed by atoms with Crippen LogP contribution in [-0.2, 0) is 0 Å². The van der Waals surface area contributed by atoms with Crippen molar-refractivity contribution in [2.45, 2.75) is 20.3 Å². The number of nitro benzene ring substituents is 1. The largest absolute Gasteiger partial charge is 0.342 e. The van der Waals surface area contributed by atoms with Gasteiger partial charge < -0.3 is 4.90 Å². The summed E-state index contributed by atoms with van der Waals surface area (Å²) in [7, 11) is 1.70. The molecular formula is C13H17BrN2O3. The van der Waals surface area contributed by atoms with Crippen molar-refractivity contribution in [1.29, 1.82) is 0 Å². The lowest BCUT2D eigenvalue weighted by Crippen LogP contribution is -2.28. The van der Waals surface area contributed by atoms with Crippen LogP contribution in [0.25, 0.3) is 0 Å². The van der Waals surface area contributed by atoms with Crippen molar-refractivity contribution in [3.63, 3.8) is 0 Å². The van der Waals surface area contributed by atoms with Gasteiger partial charge in [-0.2, -0.15) is 0 Å². The minimum atomic E-state index is -0.505. The lowest BCUT2D eigenvalue weighted by molar-refractivity contribution is -0.385. The molecule has 0 saturated carbocycles. The summed E-state index contributed by atoms with van der Waals surface area (Å²) < 4.78 is 0.237. The van der Waals surface area contributed by atoms with Crippen LogP contribution in [0.4, 0.5) is 5.69 Å². The molecule has 6 heteroatoms. The van der Waals surface area contributed by atoms with Crippen molar-refractivity contribution in [2.75, 3.05) is 13.6 Å². The SMILES string of the molecule is CC(C)CCN(C)C(=O)c1cccc([N+](=O)[O-])c1Br. The van der Waals surface area contributed by atoms with Crippen LogP contribution >= 0.6 is 15.9 Å². The first kappa shape index (κ1) is 15.6. The molecule has 104 valence electrons. The molecule has 1 aromatic rings. The Hall–Kier alpha value is -1.43. The van der Waals surface area contributed by atoms with Crippen molar-refractivity contribution in [3.8, 4) is 0 Å². The number of hydrogen-bond donors (Lipinski definition) is 0. The molecule has 1 aromatic carbocycles. The van der Waals surface area contributed by atoms with Gasteiger partial charge in [-0.05, 0) is 34.3 Å². The van der Waals surface area contributed by atoms with Crippen molar-refractivity contribution in [3.05, 3.63) is 38.3 Å². The highest BCUT2D eigenvalue weighted by atomic mass is 79.9. The first-order valence-electron chi connectivity index (χ1n) is 6.03. The Kier molecular flexibility index (Phi) is 5.47. The molecule has 0 atom stereocenters. The average molecular weight is 329 g/mol. The van der Waals surface area contributed by atoms with Crippen LogP contribution in [0.2, 0.25) is 0 Å². The topological polar surface area (TPSA) is 63.5 Å². The Labute approximate surface area is 120 Å². The van der Waals surface area contributed by atoms with Gasteiger partial charge in [0.05, 0.1) is 10.5 Å². The van der Waals surface area contributed by atoms with E-state index in [0.717, 1.165) is 6.42 Å². The third-order valence-corrected chi connectivity index (χ3v) is 3.63. The number of nitro groups is 1. The minimum absolute atomic E-state index is 0.0943. The maximum Gasteiger partial charge on any atom is 0.284 e. The average Bonchev–Trinajstić information content (AvgIpc) is 2.34. The maximum atomic E-state index is 12.2. The molecule has 0 heterocycles. The van der Waals surface area contributed by atoms with Gasteiger partial charge in [0.25, 0.3) is 11.6 Å². The van der Waals surface area contributed by atoms with E-state index in [4.69, 9.17) is 0 Å². The van der Waals surface area contributed by atoms with E-state index in [1.165, 1.54) is 12.1 Å². The van der Waals surface area contributed by atoms with Crippen molar-refractivity contribution < 1.29 is 9.72 Å². The standard InChI is InChI=1S/C13H17BrN2O3/c1-9(2)7-8-15(3)13(17)10-5-4-6-11(12(10)14)16(18)19/h4-6,9H,7-8H2,1-3H3. The predicted octanol–water partition coefficient (Wildman–Crippen LogP) is 3.48. The highest BCUT2D eigenvalue weighted by Crippen LogP contribution is 2.29. The Morgan fingerprint density at radius 3 is 2.63 bits per heavy atom. The van der Waals surface area contributed by atoms with Crippen LogP contribution in [0.3, 0.4) is 0 Å². The second-order valence-electron chi connectivity index (χ2n) is 4.81. The maximum absolute atomic E-state index is 12.2. The number of amides is 1. The van der Waals surface area contributed by atoms with Crippen LogP contribution in [0, 0.1) is 16.0 Å². The first-order valence-corrected chi connectivity index (χ1v) is 6.82. The molecule has 0 N–H and O–H groups in total. The molecule has 1 amide bonds. The summed E-state index contributed by atoms with van der Waals surface area (Å²) in [5.41, 5.74) is 0.226. The van der Waals surface area contributed by atoms with E-state index in [0.29, 0.717) is 18.0 Å². The van der Waals surface area contributed by atoms with Gasteiger partial charge >= 0.3 is 0 Å². The summed E-state index contributed by atoms with van der Waals surface area (Å²) in [6.07, 6.45) is 0.898. The highest BCUT2D eigenvalue weighted by Gasteiger charge is 2.21. The number of benzene rings is 1. The minimum Gasteiger partial charge on any atom is -0.342 e. The Balaban J connectivity index is 2.94. The van der Waals surface area contributed by atoms with Gasteiger partial charge in [-0.1, -0.05) is 19.9 Å². The first-order chi connectivity index (χ1) is 8.84. The van der Waals surface area contributed by atoms with Gasteiger partial charge in [0, 0.05) is 19.7 Å². The molecule has 0 spiro atoms. The smallest absolute Gasteiger partial charge is 0.284 e. The highest BCUT2D eigenvalue weighted by molar-refractivity contribution is 9.10. The quantitative estimate of drug-likeness (QED) is 0.614. The van der Waals surface area contributed by atoms with E-state index in [1.807, 2.05) is 0 Å². The van der Waals surface area contributed by atoms with Crippen LogP contribution in [0.1, 0.15) is 30.6 Å². The lowest BCUT2D eigenvalue weighted by atomic mass is 10.1. The number of nitrogens with zero attached hydrogens (tertiary/aromatic N) is 2. The monoisotopic (exact) mass is 328 g/mol. The second kappa shape index (κ2) is 6.65. The van der Waals surface area contributed by atoms with Gasteiger partial charge in [0.2, 0.25) is 0 Å². The van der Waals surface area contributed by atoms with Gasteiger partial charge in [-0.25, -0.2) is 0 Å². The number of rotatable bonds is 5. The molecule has 0 aliphatic carbocycles. The van der Waals surface area contributed by atoms with Gasteiger partial charge in [-0.15, -0.1) is 0 Å². The molecular weight excluding hydrogens is 312 g/mol. The van der Waals surface area contributed by atoms with Gasteiger partial charge in [-0.3, -0.25) is 14.9 Å². The van der Waals surface area contributed by atoms with Crippen molar-refractivity contribution in [1.82, 2.24) is 4.90 Å². The number of hydrogen-bond acceptors (Lipinski definition) is 3. The van der Waals surface area contributed by atoms with Crippen molar-refractivity contribution in [2.24, 2.45) is 5.92 Å². The number of carbonyl (C=O) groups excluding carboxylic acids is 1. The van der Waals surface area contributed by atoms with E-state index < -0.39 is 4.92 Å². The van der Waals surface area contributed by atoms with Crippen LogP contribution in [0.15, 0.2) is 22.7 Å². The molecule has 5 nitrogen and oxygen atoms in total. The van der Waals surface area contributed by atoms with Gasteiger partial charge in [0.1, 0.15) is 4.47 Å². The summed E-state index contributed by atoms with van der Waals surface area (Å²) >= 11 is 3.14. The zero-order valence-electron chi connectivity index (χ0n) is 11.2. The number of halogens is 1.